The van der Waals surface area contributed by atoms with Gasteiger partial charge in [0.2, 0.25) is 5.91 Å². The van der Waals surface area contributed by atoms with Crippen LogP contribution in [-0.2, 0) is 18.8 Å². The first kappa shape index (κ1) is 26.2. The lowest BCUT2D eigenvalue weighted by atomic mass is 9.77. The third kappa shape index (κ3) is 7.54. The first-order valence-corrected chi connectivity index (χ1v) is 11.2. The molecule has 1 heterocycles. The fraction of sp³-hybridized carbons (Fsp3) is 0.565. The van der Waals surface area contributed by atoms with Crippen LogP contribution in [0.4, 0.5) is 10.5 Å². The fourth-order valence-corrected chi connectivity index (χ4v) is 3.04. The van der Waals surface area contributed by atoms with Gasteiger partial charge in [0.15, 0.2) is 0 Å². The summed E-state index contributed by atoms with van der Waals surface area (Å²) in [5.41, 5.74) is 0.673. The molecule has 0 unspecified atom stereocenters. The van der Waals surface area contributed by atoms with Crippen LogP contribution in [0.1, 0.15) is 60.5 Å². The van der Waals surface area contributed by atoms with Crippen LogP contribution in [0.3, 0.4) is 0 Å². The Bertz CT molecular complexity index is 831. The lowest BCUT2D eigenvalue weighted by Gasteiger charge is -2.32. The molecule has 2 amide bonds. The van der Waals surface area contributed by atoms with Crippen LogP contribution < -0.4 is 10.6 Å². The Kier molecular flexibility index (Phi) is 8.42. The monoisotopic (exact) mass is 464 g/mol. The third-order valence-corrected chi connectivity index (χ3v) is 5.45. The molecule has 176 valence electrons. The Morgan fingerprint density at radius 3 is 2.16 bits per heavy atom. The van der Waals surface area contributed by atoms with Crippen LogP contribution in [0.5, 0.6) is 0 Å². The van der Waals surface area contributed by atoms with Gasteiger partial charge >= 0.3 is 13.2 Å². The number of alkyl carbamates (subject to hydrolysis) is 1. The zero-order chi connectivity index (χ0) is 24.2. The van der Waals surface area contributed by atoms with Crippen molar-refractivity contribution in [2.45, 2.75) is 71.7 Å². The Balaban J connectivity index is 2.21. The van der Waals surface area contributed by atoms with Crippen molar-refractivity contribution in [1.29, 1.82) is 0 Å². The van der Waals surface area contributed by atoms with Crippen LogP contribution in [0.15, 0.2) is 29.7 Å². The van der Waals surface area contributed by atoms with Crippen molar-refractivity contribution in [3.63, 3.8) is 0 Å². The average Bonchev–Trinajstić information content (AvgIpc) is 2.86. The minimum atomic E-state index is -0.627. The molecule has 1 saturated heterocycles. The number of nitrogens with one attached hydrogen (secondary N) is 2. The molecule has 0 atom stereocenters. The highest BCUT2D eigenvalue weighted by Crippen LogP contribution is 2.38. The van der Waals surface area contributed by atoms with Crippen LogP contribution in [0, 0.1) is 0 Å². The number of carbonyl (C=O) groups excluding carboxylic acids is 2. The van der Waals surface area contributed by atoms with Gasteiger partial charge in [0.25, 0.3) is 0 Å². The SMILES string of the molecule is CC(C)(C)OC(=O)NCC(=Cc1ccc(NC(=O)CCCl)cc1)B1OC(C)(C)C(C)(C)O1. The highest BCUT2D eigenvalue weighted by atomic mass is 35.5. The second-order valence-electron chi connectivity index (χ2n) is 9.77. The molecule has 1 aliphatic heterocycles. The van der Waals surface area contributed by atoms with Gasteiger partial charge in [-0.15, -0.1) is 11.6 Å². The normalized spacial score (nSPS) is 17.8. The van der Waals surface area contributed by atoms with Gasteiger partial charge in [0, 0.05) is 24.5 Å². The van der Waals surface area contributed by atoms with E-state index in [1.807, 2.05) is 66.7 Å². The molecule has 2 rings (SSSR count). The van der Waals surface area contributed by atoms with E-state index in [2.05, 4.69) is 10.6 Å². The van der Waals surface area contributed by atoms with Crippen LogP contribution >= 0.6 is 11.6 Å². The maximum absolute atomic E-state index is 12.2. The van der Waals surface area contributed by atoms with E-state index in [4.69, 9.17) is 25.6 Å². The predicted molar refractivity (Wildman–Crippen MR) is 129 cm³/mol. The second kappa shape index (κ2) is 10.3. The van der Waals surface area contributed by atoms with Gasteiger partial charge < -0.3 is 24.7 Å². The first-order valence-electron chi connectivity index (χ1n) is 10.7. The molecule has 1 aromatic rings. The number of halogens is 1. The van der Waals surface area contributed by atoms with E-state index >= 15 is 0 Å². The topological polar surface area (TPSA) is 85.9 Å². The van der Waals surface area contributed by atoms with Crippen molar-refractivity contribution < 1.29 is 23.6 Å². The number of rotatable bonds is 7. The summed E-state index contributed by atoms with van der Waals surface area (Å²) in [4.78, 5) is 23.9. The first-order chi connectivity index (χ1) is 14.7. The minimum absolute atomic E-state index is 0.136. The maximum atomic E-state index is 12.2. The van der Waals surface area contributed by atoms with Crippen molar-refractivity contribution in [2.75, 3.05) is 17.7 Å². The summed E-state index contributed by atoms with van der Waals surface area (Å²) in [5.74, 6) is 0.136. The molecule has 0 aliphatic carbocycles. The number of benzene rings is 1. The summed E-state index contributed by atoms with van der Waals surface area (Å²) < 4.78 is 17.7. The molecule has 7 nitrogen and oxygen atoms in total. The molecule has 32 heavy (non-hydrogen) atoms. The largest absolute Gasteiger partial charge is 0.492 e. The van der Waals surface area contributed by atoms with Gasteiger partial charge in [-0.3, -0.25) is 4.79 Å². The molecule has 0 radical (unpaired) electrons. The Morgan fingerprint density at radius 1 is 1.09 bits per heavy atom. The number of hydrogen-bond acceptors (Lipinski definition) is 5. The number of ether oxygens (including phenoxy) is 1. The van der Waals surface area contributed by atoms with Crippen molar-refractivity contribution >= 4 is 42.5 Å². The minimum Gasteiger partial charge on any atom is -0.444 e. The van der Waals surface area contributed by atoms with Crippen LogP contribution in [0.25, 0.3) is 6.08 Å². The standard InChI is InChI=1S/C23H34BClN2O5/c1-21(2,3)30-20(29)26-15-17(24-31-22(4,5)23(6,7)32-24)14-16-8-10-18(11-9-16)27-19(28)12-13-25/h8-11,14H,12-13,15H2,1-7H3,(H,26,29)(H,27,28). The summed E-state index contributed by atoms with van der Waals surface area (Å²) >= 11 is 5.60. The molecule has 0 saturated carbocycles. The zero-order valence-corrected chi connectivity index (χ0v) is 20.8. The summed E-state index contributed by atoms with van der Waals surface area (Å²) in [7, 11) is -0.627. The fourth-order valence-electron chi connectivity index (χ4n) is 2.87. The smallest absolute Gasteiger partial charge is 0.444 e. The van der Waals surface area contributed by atoms with Gasteiger partial charge in [-0.2, -0.15) is 0 Å². The summed E-state index contributed by atoms with van der Waals surface area (Å²) in [6.45, 7) is 13.5. The Hall–Kier alpha value is -2.03. The van der Waals surface area contributed by atoms with Crippen molar-refractivity contribution in [3.05, 3.63) is 35.3 Å². The van der Waals surface area contributed by atoms with Gasteiger partial charge in [0.05, 0.1) is 11.2 Å². The summed E-state index contributed by atoms with van der Waals surface area (Å²) in [5, 5.41) is 5.58. The van der Waals surface area contributed by atoms with Crippen LogP contribution in [0.2, 0.25) is 0 Å². The number of amides is 2. The molecular formula is C23H34BClN2O5. The van der Waals surface area contributed by atoms with E-state index in [-0.39, 0.29) is 24.8 Å². The van der Waals surface area contributed by atoms with Crippen LogP contribution in [-0.4, -0.2) is 48.3 Å². The van der Waals surface area contributed by atoms with Gasteiger partial charge in [-0.05, 0) is 71.6 Å². The van der Waals surface area contributed by atoms with E-state index in [1.165, 1.54) is 0 Å². The number of carbonyl (C=O) groups is 2. The molecule has 1 aromatic carbocycles. The lowest BCUT2D eigenvalue weighted by molar-refractivity contribution is -0.115. The van der Waals surface area contributed by atoms with Crippen molar-refractivity contribution in [3.8, 4) is 0 Å². The van der Waals surface area contributed by atoms with Gasteiger partial charge in [-0.1, -0.05) is 18.2 Å². The van der Waals surface area contributed by atoms with Crippen molar-refractivity contribution in [1.82, 2.24) is 5.32 Å². The third-order valence-electron chi connectivity index (χ3n) is 5.26. The van der Waals surface area contributed by atoms with E-state index in [0.29, 0.717) is 5.69 Å². The van der Waals surface area contributed by atoms with Gasteiger partial charge in [-0.25, -0.2) is 4.79 Å². The molecule has 2 N–H and O–H groups in total. The molecule has 0 bridgehead atoms. The molecular weight excluding hydrogens is 431 g/mol. The average molecular weight is 465 g/mol. The highest BCUT2D eigenvalue weighted by Gasteiger charge is 2.52. The molecule has 9 heteroatoms. The number of hydrogen-bond donors (Lipinski definition) is 2. The molecule has 1 fully saturated rings. The Labute approximate surface area is 196 Å². The van der Waals surface area contributed by atoms with E-state index in [1.54, 1.807) is 12.1 Å². The van der Waals surface area contributed by atoms with E-state index in [9.17, 15) is 9.59 Å². The maximum Gasteiger partial charge on any atom is 0.492 e. The quantitative estimate of drug-likeness (QED) is 0.447. The summed E-state index contributed by atoms with van der Waals surface area (Å²) in [6.07, 6.45) is 1.65. The highest BCUT2D eigenvalue weighted by molar-refractivity contribution is 6.56. The molecule has 0 aromatic heterocycles. The second-order valence-corrected chi connectivity index (χ2v) is 10.2. The number of anilines is 1. The van der Waals surface area contributed by atoms with Crippen molar-refractivity contribution in [2.24, 2.45) is 0 Å². The lowest BCUT2D eigenvalue weighted by Crippen LogP contribution is -2.41. The van der Waals surface area contributed by atoms with E-state index < -0.39 is 30.0 Å². The number of alkyl halides is 1. The Morgan fingerprint density at radius 2 is 1.66 bits per heavy atom. The van der Waals surface area contributed by atoms with Gasteiger partial charge in [0.1, 0.15) is 5.60 Å². The summed E-state index contributed by atoms with van der Waals surface area (Å²) in [6, 6.07) is 7.35. The van der Waals surface area contributed by atoms with E-state index in [0.717, 1.165) is 11.0 Å². The molecule has 0 spiro atoms. The predicted octanol–water partition coefficient (Wildman–Crippen LogP) is 4.79. The molecule has 1 aliphatic rings. The zero-order valence-electron chi connectivity index (χ0n) is 20.0.